The third kappa shape index (κ3) is 3.78. The van der Waals surface area contributed by atoms with E-state index in [2.05, 4.69) is 16.6 Å². The Balaban J connectivity index is 1.97. The van der Waals surface area contributed by atoms with Crippen LogP contribution in [0, 0.1) is 5.92 Å². The molecule has 4 heteroatoms. The van der Waals surface area contributed by atoms with Crippen LogP contribution in [0.1, 0.15) is 29.3 Å². The molecule has 1 fully saturated rings. The van der Waals surface area contributed by atoms with Crippen molar-refractivity contribution in [3.63, 3.8) is 0 Å². The summed E-state index contributed by atoms with van der Waals surface area (Å²) >= 11 is 0. The smallest absolute Gasteiger partial charge is 0.337 e. The number of rotatable bonds is 3. The van der Waals surface area contributed by atoms with E-state index < -0.39 is 0 Å². The largest absolute Gasteiger partial charge is 0.465 e. The van der Waals surface area contributed by atoms with Gasteiger partial charge in [-0.05, 0) is 30.0 Å². The van der Waals surface area contributed by atoms with Gasteiger partial charge in [-0.3, -0.25) is 4.90 Å². The number of hydrogen-bond donors (Lipinski definition) is 1. The fourth-order valence-electron chi connectivity index (χ4n) is 2.76. The van der Waals surface area contributed by atoms with E-state index in [-0.39, 0.29) is 12.0 Å². The van der Waals surface area contributed by atoms with Gasteiger partial charge < -0.3 is 10.5 Å². The van der Waals surface area contributed by atoms with Crippen molar-refractivity contribution in [2.75, 3.05) is 20.2 Å². The van der Waals surface area contributed by atoms with Gasteiger partial charge in [0.25, 0.3) is 0 Å². The molecule has 2 rings (SSSR count). The molecule has 1 aliphatic heterocycles. The molecular weight excluding hydrogens is 240 g/mol. The zero-order valence-corrected chi connectivity index (χ0v) is 11.6. The second kappa shape index (κ2) is 6.17. The molecule has 2 unspecified atom stereocenters. The maximum Gasteiger partial charge on any atom is 0.337 e. The summed E-state index contributed by atoms with van der Waals surface area (Å²) in [6, 6.07) is 7.87. The van der Waals surface area contributed by atoms with Gasteiger partial charge in [0.2, 0.25) is 0 Å². The Kier molecular flexibility index (Phi) is 4.56. The van der Waals surface area contributed by atoms with Crippen LogP contribution < -0.4 is 5.73 Å². The zero-order valence-electron chi connectivity index (χ0n) is 11.6. The van der Waals surface area contributed by atoms with Crippen molar-refractivity contribution < 1.29 is 9.53 Å². The highest BCUT2D eigenvalue weighted by Gasteiger charge is 2.21. The number of methoxy groups -OCH3 is 1. The first-order chi connectivity index (χ1) is 9.08. The summed E-state index contributed by atoms with van der Waals surface area (Å²) < 4.78 is 4.69. The molecule has 104 valence electrons. The number of carbonyl (C=O) groups is 1. The van der Waals surface area contributed by atoms with Gasteiger partial charge in [-0.25, -0.2) is 4.79 Å². The molecule has 0 spiro atoms. The molecular formula is C15H22N2O2. The number of esters is 1. The molecule has 1 aliphatic rings. The fraction of sp³-hybridized carbons (Fsp3) is 0.533. The Morgan fingerprint density at radius 2 is 2.05 bits per heavy atom. The minimum atomic E-state index is -0.292. The summed E-state index contributed by atoms with van der Waals surface area (Å²) in [5, 5.41) is 0. The predicted octanol–water partition coefficient (Wildman–Crippen LogP) is 1.64. The van der Waals surface area contributed by atoms with Gasteiger partial charge in [0.1, 0.15) is 0 Å². The lowest BCUT2D eigenvalue weighted by Crippen LogP contribution is -2.45. The lowest BCUT2D eigenvalue weighted by atomic mass is 9.96. The molecule has 0 aliphatic carbocycles. The number of piperidine rings is 1. The van der Waals surface area contributed by atoms with E-state index in [0.29, 0.717) is 11.5 Å². The second-order valence-corrected chi connectivity index (χ2v) is 5.48. The summed E-state index contributed by atoms with van der Waals surface area (Å²) in [5.74, 6) is 0.359. The van der Waals surface area contributed by atoms with E-state index in [4.69, 9.17) is 5.73 Å². The van der Waals surface area contributed by atoms with Gasteiger partial charge in [0, 0.05) is 25.7 Å². The number of likely N-dealkylation sites (tertiary alicyclic amines) is 1. The van der Waals surface area contributed by atoms with Crippen molar-refractivity contribution in [1.29, 1.82) is 0 Å². The average Bonchev–Trinajstić information content (AvgIpc) is 2.37. The molecule has 0 bridgehead atoms. The van der Waals surface area contributed by atoms with Gasteiger partial charge >= 0.3 is 5.97 Å². The standard InChI is InChI=1S/C15H22N2O2/c1-11-7-14(16)10-17(8-11)9-12-3-5-13(6-4-12)15(18)19-2/h3-6,11,14H,7-10,16H2,1-2H3. The third-order valence-corrected chi connectivity index (χ3v) is 3.55. The van der Waals surface area contributed by atoms with E-state index in [1.54, 1.807) is 0 Å². The Hall–Kier alpha value is -1.39. The Bertz CT molecular complexity index is 420. The monoisotopic (exact) mass is 262 g/mol. The van der Waals surface area contributed by atoms with Gasteiger partial charge in [-0.1, -0.05) is 19.1 Å². The Morgan fingerprint density at radius 3 is 2.63 bits per heavy atom. The molecule has 1 saturated heterocycles. The maximum atomic E-state index is 11.4. The first kappa shape index (κ1) is 14.0. The molecule has 1 aromatic rings. The van der Waals surface area contributed by atoms with Crippen LogP contribution >= 0.6 is 0 Å². The molecule has 19 heavy (non-hydrogen) atoms. The lowest BCUT2D eigenvalue weighted by Gasteiger charge is -2.34. The first-order valence-electron chi connectivity index (χ1n) is 6.73. The number of benzene rings is 1. The fourth-order valence-corrected chi connectivity index (χ4v) is 2.76. The molecule has 0 amide bonds. The van der Waals surface area contributed by atoms with Crippen LogP contribution in [-0.2, 0) is 11.3 Å². The summed E-state index contributed by atoms with van der Waals surface area (Å²) in [5.41, 5.74) is 7.84. The molecule has 4 nitrogen and oxygen atoms in total. The van der Waals surface area contributed by atoms with Crippen LogP contribution in [0.5, 0.6) is 0 Å². The van der Waals surface area contributed by atoms with Crippen molar-refractivity contribution in [3.8, 4) is 0 Å². The minimum absolute atomic E-state index is 0.276. The Morgan fingerprint density at radius 1 is 1.37 bits per heavy atom. The topological polar surface area (TPSA) is 55.6 Å². The highest BCUT2D eigenvalue weighted by molar-refractivity contribution is 5.89. The van der Waals surface area contributed by atoms with Crippen LogP contribution in [0.2, 0.25) is 0 Å². The molecule has 1 heterocycles. The van der Waals surface area contributed by atoms with E-state index in [0.717, 1.165) is 26.1 Å². The number of hydrogen-bond acceptors (Lipinski definition) is 4. The molecule has 0 saturated carbocycles. The van der Waals surface area contributed by atoms with Gasteiger partial charge in [0.05, 0.1) is 12.7 Å². The molecule has 0 radical (unpaired) electrons. The van der Waals surface area contributed by atoms with E-state index in [1.807, 2.05) is 24.3 Å². The lowest BCUT2D eigenvalue weighted by molar-refractivity contribution is 0.0600. The van der Waals surface area contributed by atoms with Crippen molar-refractivity contribution in [2.45, 2.75) is 25.9 Å². The summed E-state index contributed by atoms with van der Waals surface area (Å²) in [4.78, 5) is 13.7. The quantitative estimate of drug-likeness (QED) is 0.841. The van der Waals surface area contributed by atoms with Gasteiger partial charge in [0.15, 0.2) is 0 Å². The van der Waals surface area contributed by atoms with Gasteiger partial charge in [-0.2, -0.15) is 0 Å². The average molecular weight is 262 g/mol. The first-order valence-corrected chi connectivity index (χ1v) is 6.73. The summed E-state index contributed by atoms with van der Waals surface area (Å²) in [7, 11) is 1.40. The summed E-state index contributed by atoms with van der Waals surface area (Å²) in [6.07, 6.45) is 1.11. The van der Waals surface area contributed by atoms with Crippen molar-refractivity contribution in [3.05, 3.63) is 35.4 Å². The van der Waals surface area contributed by atoms with Crippen LogP contribution in [0.3, 0.4) is 0 Å². The molecule has 1 aromatic carbocycles. The number of ether oxygens (including phenoxy) is 1. The van der Waals surface area contributed by atoms with Crippen LogP contribution in [-0.4, -0.2) is 37.1 Å². The van der Waals surface area contributed by atoms with E-state index in [9.17, 15) is 4.79 Å². The number of carbonyl (C=O) groups excluding carboxylic acids is 1. The highest BCUT2D eigenvalue weighted by Crippen LogP contribution is 2.17. The maximum absolute atomic E-state index is 11.4. The molecule has 2 N–H and O–H groups in total. The number of nitrogens with two attached hydrogens (primary N) is 1. The molecule has 0 aromatic heterocycles. The van der Waals surface area contributed by atoms with Crippen molar-refractivity contribution in [1.82, 2.24) is 4.90 Å². The predicted molar refractivity (Wildman–Crippen MR) is 74.8 cm³/mol. The third-order valence-electron chi connectivity index (χ3n) is 3.55. The van der Waals surface area contributed by atoms with Crippen LogP contribution in [0.25, 0.3) is 0 Å². The normalized spacial score (nSPS) is 24.2. The highest BCUT2D eigenvalue weighted by atomic mass is 16.5. The molecule has 2 atom stereocenters. The van der Waals surface area contributed by atoms with E-state index >= 15 is 0 Å². The second-order valence-electron chi connectivity index (χ2n) is 5.48. The zero-order chi connectivity index (χ0) is 13.8. The summed E-state index contributed by atoms with van der Waals surface area (Å²) in [6.45, 7) is 5.17. The van der Waals surface area contributed by atoms with Crippen LogP contribution in [0.4, 0.5) is 0 Å². The Labute approximate surface area is 114 Å². The van der Waals surface area contributed by atoms with Crippen molar-refractivity contribution >= 4 is 5.97 Å². The SMILES string of the molecule is COC(=O)c1ccc(CN2CC(C)CC(N)C2)cc1. The van der Waals surface area contributed by atoms with Gasteiger partial charge in [-0.15, -0.1) is 0 Å². The van der Waals surface area contributed by atoms with Crippen LogP contribution in [0.15, 0.2) is 24.3 Å². The van der Waals surface area contributed by atoms with E-state index in [1.165, 1.54) is 12.7 Å². The van der Waals surface area contributed by atoms with Crippen molar-refractivity contribution in [2.24, 2.45) is 11.7 Å². The minimum Gasteiger partial charge on any atom is -0.465 e. The number of nitrogens with zero attached hydrogens (tertiary/aromatic N) is 1.